The van der Waals surface area contributed by atoms with Crippen LogP contribution in [0.4, 0.5) is 4.79 Å². The van der Waals surface area contributed by atoms with Gasteiger partial charge in [0, 0.05) is 19.4 Å². The maximum Gasteiger partial charge on any atom is 0.321 e. The highest BCUT2D eigenvalue weighted by Gasteiger charge is 2.08. The van der Waals surface area contributed by atoms with E-state index >= 15 is 0 Å². The van der Waals surface area contributed by atoms with Crippen molar-refractivity contribution in [3.05, 3.63) is 29.8 Å². The van der Waals surface area contributed by atoms with Gasteiger partial charge >= 0.3 is 12.0 Å². The Hall–Kier alpha value is -2.57. The molecule has 1 aromatic rings. The van der Waals surface area contributed by atoms with E-state index in [9.17, 15) is 14.4 Å². The van der Waals surface area contributed by atoms with E-state index in [0.717, 1.165) is 11.3 Å². The van der Waals surface area contributed by atoms with Crippen molar-refractivity contribution in [2.45, 2.75) is 25.8 Å². The maximum absolute atomic E-state index is 11.5. The summed E-state index contributed by atoms with van der Waals surface area (Å²) in [6, 6.07) is 6.53. The van der Waals surface area contributed by atoms with Crippen molar-refractivity contribution in [1.29, 1.82) is 0 Å². The van der Waals surface area contributed by atoms with Crippen LogP contribution in [0, 0.1) is 0 Å². The largest absolute Gasteiger partial charge is 0.497 e. The van der Waals surface area contributed by atoms with Gasteiger partial charge in [-0.3, -0.25) is 14.9 Å². The average molecular weight is 294 g/mol. The molecule has 114 valence electrons. The van der Waals surface area contributed by atoms with Gasteiger partial charge in [0.2, 0.25) is 5.91 Å². The zero-order valence-electron chi connectivity index (χ0n) is 11.7. The van der Waals surface area contributed by atoms with Crippen LogP contribution in [0.25, 0.3) is 0 Å². The second kappa shape index (κ2) is 8.57. The number of carbonyl (C=O) groups is 3. The number of methoxy groups -OCH3 is 1. The molecule has 3 N–H and O–H groups in total. The van der Waals surface area contributed by atoms with E-state index in [-0.39, 0.29) is 25.8 Å². The Morgan fingerprint density at radius 1 is 1.14 bits per heavy atom. The van der Waals surface area contributed by atoms with Gasteiger partial charge < -0.3 is 15.2 Å². The number of benzene rings is 1. The number of ether oxygens (including phenoxy) is 1. The zero-order valence-corrected chi connectivity index (χ0v) is 11.7. The number of amides is 3. The summed E-state index contributed by atoms with van der Waals surface area (Å²) in [5.41, 5.74) is 0.865. The van der Waals surface area contributed by atoms with Crippen LogP contribution in [0.3, 0.4) is 0 Å². The summed E-state index contributed by atoms with van der Waals surface area (Å²) in [6.45, 7) is 0.276. The first-order valence-electron chi connectivity index (χ1n) is 6.43. The van der Waals surface area contributed by atoms with Crippen molar-refractivity contribution in [3.8, 4) is 5.75 Å². The van der Waals surface area contributed by atoms with Crippen LogP contribution in [0.2, 0.25) is 0 Å². The maximum atomic E-state index is 11.5. The summed E-state index contributed by atoms with van der Waals surface area (Å²) >= 11 is 0. The van der Waals surface area contributed by atoms with E-state index in [0.29, 0.717) is 0 Å². The average Bonchev–Trinajstić information content (AvgIpc) is 2.45. The molecule has 0 unspecified atom stereocenters. The molecule has 1 aromatic carbocycles. The molecular weight excluding hydrogens is 276 g/mol. The SMILES string of the molecule is COc1ccc(CNC(=O)NC(=O)CCCC(=O)O)cc1. The number of rotatable bonds is 7. The molecule has 0 aliphatic rings. The van der Waals surface area contributed by atoms with Crippen molar-refractivity contribution in [2.24, 2.45) is 0 Å². The molecule has 0 bridgehead atoms. The monoisotopic (exact) mass is 294 g/mol. The molecule has 0 aliphatic carbocycles. The van der Waals surface area contributed by atoms with Crippen molar-refractivity contribution < 1.29 is 24.2 Å². The summed E-state index contributed by atoms with van der Waals surface area (Å²) in [5, 5.41) is 13.1. The minimum Gasteiger partial charge on any atom is -0.497 e. The number of nitrogens with one attached hydrogen (secondary N) is 2. The Kier molecular flexibility index (Phi) is 6.73. The first kappa shape index (κ1) is 16.5. The molecule has 7 nitrogen and oxygen atoms in total. The Labute approximate surface area is 122 Å². The highest BCUT2D eigenvalue weighted by atomic mass is 16.5. The van der Waals surface area contributed by atoms with Gasteiger partial charge in [0.05, 0.1) is 7.11 Å². The molecule has 3 amide bonds. The zero-order chi connectivity index (χ0) is 15.7. The fourth-order valence-corrected chi connectivity index (χ4v) is 1.56. The summed E-state index contributed by atoms with van der Waals surface area (Å²) in [5.74, 6) is -0.743. The second-order valence-corrected chi connectivity index (χ2v) is 4.33. The van der Waals surface area contributed by atoms with Gasteiger partial charge in [-0.2, -0.15) is 0 Å². The summed E-state index contributed by atoms with van der Waals surface area (Å²) in [6.07, 6.45) is 0.107. The summed E-state index contributed by atoms with van der Waals surface area (Å²) in [4.78, 5) is 33.1. The van der Waals surface area contributed by atoms with Gasteiger partial charge in [-0.1, -0.05) is 12.1 Å². The number of hydrogen-bond acceptors (Lipinski definition) is 4. The van der Waals surface area contributed by atoms with Crippen LogP contribution in [0.1, 0.15) is 24.8 Å². The van der Waals surface area contributed by atoms with Crippen molar-refractivity contribution in [2.75, 3.05) is 7.11 Å². The third-order valence-electron chi connectivity index (χ3n) is 2.66. The smallest absolute Gasteiger partial charge is 0.321 e. The lowest BCUT2D eigenvalue weighted by Gasteiger charge is -2.07. The lowest BCUT2D eigenvalue weighted by atomic mass is 10.2. The van der Waals surface area contributed by atoms with E-state index in [1.54, 1.807) is 31.4 Å². The summed E-state index contributed by atoms with van der Waals surface area (Å²) in [7, 11) is 1.57. The molecule has 0 saturated carbocycles. The van der Waals surface area contributed by atoms with Crippen LogP contribution in [0.5, 0.6) is 5.75 Å². The Morgan fingerprint density at radius 2 is 1.81 bits per heavy atom. The van der Waals surface area contributed by atoms with Crippen LogP contribution in [-0.4, -0.2) is 30.1 Å². The molecular formula is C14H18N2O5. The van der Waals surface area contributed by atoms with Crippen molar-refractivity contribution in [3.63, 3.8) is 0 Å². The van der Waals surface area contributed by atoms with Gasteiger partial charge in [-0.15, -0.1) is 0 Å². The number of carboxylic acid groups (broad SMARTS) is 1. The molecule has 0 saturated heterocycles. The highest BCUT2D eigenvalue weighted by molar-refractivity contribution is 5.94. The van der Waals surface area contributed by atoms with Crippen LogP contribution < -0.4 is 15.4 Å². The molecule has 1 rings (SSSR count). The minimum absolute atomic E-state index is 0.00224. The Morgan fingerprint density at radius 3 is 2.38 bits per heavy atom. The topological polar surface area (TPSA) is 105 Å². The molecule has 21 heavy (non-hydrogen) atoms. The van der Waals surface area contributed by atoms with Crippen LogP contribution >= 0.6 is 0 Å². The van der Waals surface area contributed by atoms with Crippen molar-refractivity contribution >= 4 is 17.9 Å². The fraction of sp³-hybridized carbons (Fsp3) is 0.357. The van der Waals surface area contributed by atoms with E-state index in [1.165, 1.54) is 0 Å². The number of carbonyl (C=O) groups excluding carboxylic acids is 2. The second-order valence-electron chi connectivity index (χ2n) is 4.33. The molecule has 0 spiro atoms. The minimum atomic E-state index is -0.966. The molecule has 0 aromatic heterocycles. The lowest BCUT2D eigenvalue weighted by molar-refractivity contribution is -0.137. The molecule has 0 atom stereocenters. The fourth-order valence-electron chi connectivity index (χ4n) is 1.56. The number of hydrogen-bond donors (Lipinski definition) is 3. The van der Waals surface area contributed by atoms with Crippen LogP contribution in [-0.2, 0) is 16.1 Å². The number of urea groups is 1. The molecule has 0 fully saturated rings. The summed E-state index contributed by atoms with van der Waals surface area (Å²) < 4.78 is 5.02. The quantitative estimate of drug-likeness (QED) is 0.702. The van der Waals surface area contributed by atoms with Crippen molar-refractivity contribution in [1.82, 2.24) is 10.6 Å². The number of carboxylic acids is 1. The first-order valence-corrected chi connectivity index (χ1v) is 6.43. The lowest BCUT2D eigenvalue weighted by Crippen LogP contribution is -2.39. The standard InChI is InChI=1S/C14H18N2O5/c1-21-11-7-5-10(6-8-11)9-15-14(20)16-12(17)3-2-4-13(18)19/h5-8H,2-4,9H2,1H3,(H,18,19)(H2,15,16,17,20). The van der Waals surface area contributed by atoms with E-state index < -0.39 is 17.9 Å². The highest BCUT2D eigenvalue weighted by Crippen LogP contribution is 2.10. The van der Waals surface area contributed by atoms with Gasteiger partial charge in [0.15, 0.2) is 0 Å². The number of aliphatic carboxylic acids is 1. The predicted octanol–water partition coefficient (Wildman–Crippen LogP) is 1.28. The van der Waals surface area contributed by atoms with E-state index in [1.807, 2.05) is 0 Å². The molecule has 7 heteroatoms. The Balaban J connectivity index is 2.26. The van der Waals surface area contributed by atoms with E-state index in [4.69, 9.17) is 9.84 Å². The normalized spacial score (nSPS) is 9.76. The molecule has 0 radical (unpaired) electrons. The number of imide groups is 1. The Bertz CT molecular complexity index is 499. The molecule has 0 heterocycles. The van der Waals surface area contributed by atoms with Gasteiger partial charge in [-0.25, -0.2) is 4.79 Å². The van der Waals surface area contributed by atoms with Crippen LogP contribution in [0.15, 0.2) is 24.3 Å². The van der Waals surface area contributed by atoms with Gasteiger partial charge in [-0.05, 0) is 24.1 Å². The predicted molar refractivity (Wildman–Crippen MR) is 74.9 cm³/mol. The first-order chi connectivity index (χ1) is 10.0. The third-order valence-corrected chi connectivity index (χ3v) is 2.66. The van der Waals surface area contributed by atoms with Gasteiger partial charge in [0.1, 0.15) is 5.75 Å². The van der Waals surface area contributed by atoms with E-state index in [2.05, 4.69) is 10.6 Å². The third kappa shape index (κ3) is 6.95. The van der Waals surface area contributed by atoms with Gasteiger partial charge in [0.25, 0.3) is 0 Å². The molecule has 0 aliphatic heterocycles.